The van der Waals surface area contributed by atoms with Gasteiger partial charge in [-0.15, -0.1) is 11.3 Å². The van der Waals surface area contributed by atoms with Crippen molar-refractivity contribution in [2.24, 2.45) is 0 Å². The van der Waals surface area contributed by atoms with E-state index in [0.717, 1.165) is 28.8 Å². The number of benzene rings is 3. The van der Waals surface area contributed by atoms with Crippen molar-refractivity contribution >= 4 is 28.5 Å². The van der Waals surface area contributed by atoms with E-state index in [1.54, 1.807) is 13.2 Å². The molecule has 34 heavy (non-hydrogen) atoms. The number of hydrogen-bond acceptors (Lipinski definition) is 5. The summed E-state index contributed by atoms with van der Waals surface area (Å²) in [5.41, 5.74) is 5.00. The molecule has 1 N–H and O–H groups in total. The Morgan fingerprint density at radius 3 is 2.44 bits per heavy atom. The van der Waals surface area contributed by atoms with Gasteiger partial charge in [0, 0.05) is 17.0 Å². The Balaban J connectivity index is 1.38. The van der Waals surface area contributed by atoms with Gasteiger partial charge in [0.05, 0.1) is 19.4 Å². The molecule has 0 atom stereocenters. The van der Waals surface area contributed by atoms with Crippen LogP contribution in [0, 0.1) is 0 Å². The van der Waals surface area contributed by atoms with Crippen LogP contribution in [0.2, 0.25) is 0 Å². The van der Waals surface area contributed by atoms with Crippen LogP contribution in [0.1, 0.15) is 18.9 Å². The highest BCUT2D eigenvalue weighted by Gasteiger charge is 2.08. The Morgan fingerprint density at radius 1 is 0.971 bits per heavy atom. The molecule has 6 heteroatoms. The number of aromatic nitrogens is 1. The lowest BCUT2D eigenvalue weighted by atomic mass is 10.0. The van der Waals surface area contributed by atoms with E-state index in [1.165, 1.54) is 23.0 Å². The number of hydrogen-bond donors (Lipinski definition) is 1. The molecule has 5 nitrogen and oxygen atoms in total. The van der Waals surface area contributed by atoms with Crippen LogP contribution in [0.15, 0.2) is 84.3 Å². The van der Waals surface area contributed by atoms with Crippen LogP contribution in [-0.2, 0) is 4.79 Å². The van der Waals surface area contributed by atoms with E-state index in [1.807, 2.05) is 53.9 Å². The van der Waals surface area contributed by atoms with Crippen molar-refractivity contribution in [2.45, 2.75) is 13.3 Å². The van der Waals surface area contributed by atoms with Crippen LogP contribution in [0.5, 0.6) is 11.5 Å². The summed E-state index contributed by atoms with van der Waals surface area (Å²) >= 11 is 1.40. The zero-order valence-electron chi connectivity index (χ0n) is 19.2. The molecule has 1 heterocycles. The molecule has 1 amide bonds. The average Bonchev–Trinajstić information content (AvgIpc) is 3.35. The van der Waals surface area contributed by atoms with Gasteiger partial charge < -0.3 is 9.47 Å². The summed E-state index contributed by atoms with van der Waals surface area (Å²) in [6, 6.07) is 24.1. The van der Waals surface area contributed by atoms with E-state index in [2.05, 4.69) is 41.5 Å². The van der Waals surface area contributed by atoms with Gasteiger partial charge in [0.1, 0.15) is 0 Å². The number of thiazole rings is 1. The number of anilines is 1. The topological polar surface area (TPSA) is 60.5 Å². The van der Waals surface area contributed by atoms with Gasteiger partial charge in [-0.05, 0) is 41.3 Å². The molecule has 0 aliphatic heterocycles. The lowest BCUT2D eigenvalue weighted by Crippen LogP contribution is -2.07. The quantitative estimate of drug-likeness (QED) is 0.270. The highest BCUT2D eigenvalue weighted by atomic mass is 32.1. The van der Waals surface area contributed by atoms with Crippen molar-refractivity contribution in [1.29, 1.82) is 0 Å². The molecule has 0 radical (unpaired) electrons. The first-order valence-corrected chi connectivity index (χ1v) is 12.0. The lowest BCUT2D eigenvalue weighted by Gasteiger charge is -2.10. The van der Waals surface area contributed by atoms with Gasteiger partial charge >= 0.3 is 0 Å². The molecule has 4 aromatic rings. The lowest BCUT2D eigenvalue weighted by molar-refractivity contribution is -0.111. The van der Waals surface area contributed by atoms with Crippen LogP contribution < -0.4 is 14.8 Å². The van der Waals surface area contributed by atoms with E-state index in [0.29, 0.717) is 23.2 Å². The minimum Gasteiger partial charge on any atom is -0.493 e. The average molecular weight is 471 g/mol. The summed E-state index contributed by atoms with van der Waals surface area (Å²) in [4.78, 5) is 17.0. The maximum atomic E-state index is 12.4. The standard InChI is InChI=1S/C28H26N2O3S/c1-3-17-33-25-15-9-20(18-26(25)32-2)10-16-27(31)30-28-29-24(19-34-28)23-13-11-22(12-14-23)21-7-5-4-6-8-21/h4-16,18-19H,3,17H2,1-2H3,(H,29,30,31)/b16-10+. The zero-order chi connectivity index (χ0) is 23.8. The highest BCUT2D eigenvalue weighted by Crippen LogP contribution is 2.29. The Morgan fingerprint density at radius 2 is 1.71 bits per heavy atom. The largest absolute Gasteiger partial charge is 0.493 e. The summed E-state index contributed by atoms with van der Waals surface area (Å²) < 4.78 is 11.1. The van der Waals surface area contributed by atoms with E-state index in [9.17, 15) is 4.79 Å². The number of nitrogens with one attached hydrogen (secondary N) is 1. The van der Waals surface area contributed by atoms with E-state index < -0.39 is 0 Å². The van der Waals surface area contributed by atoms with Crippen molar-refractivity contribution in [2.75, 3.05) is 19.0 Å². The molecule has 0 aliphatic carbocycles. The third-order valence-electron chi connectivity index (χ3n) is 5.10. The number of methoxy groups -OCH3 is 1. The molecule has 3 aromatic carbocycles. The summed E-state index contributed by atoms with van der Waals surface area (Å²) in [7, 11) is 1.60. The number of ether oxygens (including phenoxy) is 2. The van der Waals surface area contributed by atoms with Gasteiger partial charge in [-0.2, -0.15) is 0 Å². The third kappa shape index (κ3) is 5.91. The summed E-state index contributed by atoms with van der Waals surface area (Å²) in [5, 5.41) is 5.33. The van der Waals surface area contributed by atoms with Crippen molar-refractivity contribution in [1.82, 2.24) is 4.98 Å². The summed E-state index contributed by atoms with van der Waals surface area (Å²) in [5.74, 6) is 1.09. The number of carbonyl (C=O) groups excluding carboxylic acids is 1. The first-order valence-electron chi connectivity index (χ1n) is 11.1. The first kappa shape index (κ1) is 23.3. The second kappa shape index (κ2) is 11.3. The molecule has 172 valence electrons. The fourth-order valence-electron chi connectivity index (χ4n) is 3.37. The Bertz CT molecular complexity index is 1260. The SMILES string of the molecule is CCCOc1ccc(/C=C/C(=O)Nc2nc(-c3ccc(-c4ccccc4)cc3)cs2)cc1OC. The number of carbonyl (C=O) groups is 1. The predicted molar refractivity (Wildman–Crippen MR) is 139 cm³/mol. The summed E-state index contributed by atoms with van der Waals surface area (Å²) in [6.45, 7) is 2.68. The van der Waals surface area contributed by atoms with E-state index >= 15 is 0 Å². The number of amides is 1. The van der Waals surface area contributed by atoms with Crippen LogP contribution in [0.25, 0.3) is 28.5 Å². The molecule has 0 fully saturated rings. The Labute approximate surface area is 203 Å². The Hall–Kier alpha value is -3.90. The van der Waals surface area contributed by atoms with Crippen molar-refractivity contribution in [3.8, 4) is 33.9 Å². The van der Waals surface area contributed by atoms with Gasteiger partial charge in [0.2, 0.25) is 5.91 Å². The minimum atomic E-state index is -0.245. The van der Waals surface area contributed by atoms with Crippen molar-refractivity contribution < 1.29 is 14.3 Å². The molecule has 4 rings (SSSR count). The smallest absolute Gasteiger partial charge is 0.250 e. The fraction of sp³-hybridized carbons (Fsp3) is 0.143. The van der Waals surface area contributed by atoms with Gasteiger partial charge in [-0.25, -0.2) is 4.98 Å². The third-order valence-corrected chi connectivity index (χ3v) is 5.86. The van der Waals surface area contributed by atoms with Gasteiger partial charge in [0.25, 0.3) is 0 Å². The molecule has 0 bridgehead atoms. The van der Waals surface area contributed by atoms with E-state index in [-0.39, 0.29) is 5.91 Å². The molecular weight excluding hydrogens is 444 g/mol. The molecular formula is C28H26N2O3S. The Kier molecular flexibility index (Phi) is 7.73. The van der Waals surface area contributed by atoms with Crippen molar-refractivity contribution in [3.05, 3.63) is 89.8 Å². The van der Waals surface area contributed by atoms with Crippen molar-refractivity contribution in [3.63, 3.8) is 0 Å². The van der Waals surface area contributed by atoms with Gasteiger partial charge in [0.15, 0.2) is 16.6 Å². The first-order chi connectivity index (χ1) is 16.7. The van der Waals surface area contributed by atoms with Crippen LogP contribution in [0.4, 0.5) is 5.13 Å². The van der Waals surface area contributed by atoms with Crippen LogP contribution >= 0.6 is 11.3 Å². The van der Waals surface area contributed by atoms with Gasteiger partial charge in [-0.1, -0.05) is 67.6 Å². The zero-order valence-corrected chi connectivity index (χ0v) is 20.0. The monoisotopic (exact) mass is 470 g/mol. The molecule has 1 aromatic heterocycles. The minimum absolute atomic E-state index is 0.245. The van der Waals surface area contributed by atoms with E-state index in [4.69, 9.17) is 9.47 Å². The fourth-order valence-corrected chi connectivity index (χ4v) is 4.09. The number of nitrogens with zero attached hydrogens (tertiary/aromatic N) is 1. The maximum absolute atomic E-state index is 12.4. The molecule has 0 aliphatic rings. The predicted octanol–water partition coefficient (Wildman–Crippen LogP) is 6.93. The van der Waals surface area contributed by atoms with Crippen LogP contribution in [0.3, 0.4) is 0 Å². The molecule has 0 saturated carbocycles. The maximum Gasteiger partial charge on any atom is 0.250 e. The van der Waals surface area contributed by atoms with Gasteiger partial charge in [-0.3, -0.25) is 10.1 Å². The molecule has 0 spiro atoms. The van der Waals surface area contributed by atoms with Crippen LogP contribution in [-0.4, -0.2) is 24.6 Å². The second-order valence-electron chi connectivity index (χ2n) is 7.56. The molecule has 0 saturated heterocycles. The summed E-state index contributed by atoms with van der Waals surface area (Å²) in [6.07, 6.45) is 4.14. The second-order valence-corrected chi connectivity index (χ2v) is 8.42. The highest BCUT2D eigenvalue weighted by molar-refractivity contribution is 7.14. The normalized spacial score (nSPS) is 10.9. The molecule has 0 unspecified atom stereocenters. The number of rotatable bonds is 9.